The minimum absolute atomic E-state index is 0.000234. The highest BCUT2D eigenvalue weighted by Gasteiger charge is 2.13. The standard InChI is InChI=1S/C16H20N2O2S/c1-10(2)15(19)18-16-17-11(3)14(21-16)9-12-5-7-13(20-4)8-6-12/h5-8,10H,9H2,1-4H3,(H,17,18,19). The van der Waals surface area contributed by atoms with Crippen LogP contribution in [0.25, 0.3) is 0 Å². The maximum Gasteiger partial charge on any atom is 0.228 e. The molecule has 0 aliphatic carbocycles. The largest absolute Gasteiger partial charge is 0.497 e. The summed E-state index contributed by atoms with van der Waals surface area (Å²) in [5.41, 5.74) is 2.17. The maximum absolute atomic E-state index is 11.7. The number of amides is 1. The van der Waals surface area contributed by atoms with Crippen molar-refractivity contribution >= 4 is 22.4 Å². The predicted molar refractivity (Wildman–Crippen MR) is 86.1 cm³/mol. The van der Waals surface area contributed by atoms with Crippen molar-refractivity contribution in [1.82, 2.24) is 4.98 Å². The normalized spacial score (nSPS) is 10.7. The lowest BCUT2D eigenvalue weighted by Gasteiger charge is -2.03. The van der Waals surface area contributed by atoms with Gasteiger partial charge in [-0.05, 0) is 24.6 Å². The van der Waals surface area contributed by atoms with Crippen LogP contribution < -0.4 is 10.1 Å². The molecule has 0 radical (unpaired) electrons. The zero-order valence-corrected chi connectivity index (χ0v) is 13.6. The maximum atomic E-state index is 11.7. The second kappa shape index (κ2) is 6.72. The molecule has 112 valence electrons. The summed E-state index contributed by atoms with van der Waals surface area (Å²) in [6.45, 7) is 5.71. The summed E-state index contributed by atoms with van der Waals surface area (Å²) in [5, 5.41) is 3.53. The van der Waals surface area contributed by atoms with Crippen molar-refractivity contribution in [2.45, 2.75) is 27.2 Å². The van der Waals surface area contributed by atoms with Crippen LogP contribution in [0.2, 0.25) is 0 Å². The van der Waals surface area contributed by atoms with Crippen molar-refractivity contribution in [2.75, 3.05) is 12.4 Å². The predicted octanol–water partition coefficient (Wildman–Crippen LogP) is 3.65. The molecule has 4 nitrogen and oxygen atoms in total. The number of benzene rings is 1. The number of carbonyl (C=O) groups is 1. The third-order valence-electron chi connectivity index (χ3n) is 3.17. The lowest BCUT2D eigenvalue weighted by atomic mass is 10.1. The molecule has 0 aliphatic heterocycles. The van der Waals surface area contributed by atoms with E-state index in [1.807, 2.05) is 45.0 Å². The van der Waals surface area contributed by atoms with Crippen LogP contribution in [0.1, 0.15) is 30.0 Å². The van der Waals surface area contributed by atoms with Gasteiger partial charge in [-0.1, -0.05) is 26.0 Å². The van der Waals surface area contributed by atoms with Crippen LogP contribution in [0.4, 0.5) is 5.13 Å². The lowest BCUT2D eigenvalue weighted by molar-refractivity contribution is -0.118. The Balaban J connectivity index is 2.09. The minimum Gasteiger partial charge on any atom is -0.497 e. The summed E-state index contributed by atoms with van der Waals surface area (Å²) in [4.78, 5) is 17.3. The lowest BCUT2D eigenvalue weighted by Crippen LogP contribution is -2.17. The van der Waals surface area contributed by atoms with Crippen molar-refractivity contribution < 1.29 is 9.53 Å². The molecule has 1 aromatic heterocycles. The molecule has 0 atom stereocenters. The molecule has 0 saturated heterocycles. The molecule has 1 heterocycles. The fraction of sp³-hybridized carbons (Fsp3) is 0.375. The van der Waals surface area contributed by atoms with E-state index in [1.165, 1.54) is 21.8 Å². The number of carbonyl (C=O) groups excluding carboxylic acids is 1. The van der Waals surface area contributed by atoms with Crippen LogP contribution >= 0.6 is 11.3 Å². The van der Waals surface area contributed by atoms with E-state index in [2.05, 4.69) is 10.3 Å². The van der Waals surface area contributed by atoms with Crippen molar-refractivity contribution in [3.63, 3.8) is 0 Å². The van der Waals surface area contributed by atoms with E-state index in [4.69, 9.17) is 4.74 Å². The minimum atomic E-state index is -0.0424. The first-order valence-corrected chi connectivity index (χ1v) is 7.71. The molecule has 0 spiro atoms. The quantitative estimate of drug-likeness (QED) is 0.917. The molecule has 0 saturated carbocycles. The highest BCUT2D eigenvalue weighted by molar-refractivity contribution is 7.15. The molecular weight excluding hydrogens is 284 g/mol. The van der Waals surface area contributed by atoms with Gasteiger partial charge in [-0.2, -0.15) is 0 Å². The number of methoxy groups -OCH3 is 1. The molecule has 1 amide bonds. The molecule has 2 aromatic rings. The Morgan fingerprint density at radius 1 is 1.33 bits per heavy atom. The van der Waals surface area contributed by atoms with Gasteiger partial charge in [-0.25, -0.2) is 4.98 Å². The van der Waals surface area contributed by atoms with Crippen LogP contribution in [0.5, 0.6) is 5.75 Å². The Kier molecular flexibility index (Phi) is 4.96. The Morgan fingerprint density at radius 3 is 2.57 bits per heavy atom. The van der Waals surface area contributed by atoms with E-state index in [0.717, 1.165) is 17.9 Å². The molecule has 0 bridgehead atoms. The van der Waals surface area contributed by atoms with E-state index >= 15 is 0 Å². The van der Waals surface area contributed by atoms with Gasteiger partial charge in [0, 0.05) is 17.2 Å². The van der Waals surface area contributed by atoms with E-state index in [-0.39, 0.29) is 11.8 Å². The Bertz CT molecular complexity index is 618. The molecular formula is C16H20N2O2S. The molecule has 1 N–H and O–H groups in total. The highest BCUT2D eigenvalue weighted by atomic mass is 32.1. The second-order valence-corrected chi connectivity index (χ2v) is 6.28. The van der Waals surface area contributed by atoms with Gasteiger partial charge in [0.15, 0.2) is 5.13 Å². The summed E-state index contributed by atoms with van der Waals surface area (Å²) in [6.07, 6.45) is 0.811. The van der Waals surface area contributed by atoms with Crippen molar-refractivity contribution in [3.8, 4) is 5.75 Å². The molecule has 21 heavy (non-hydrogen) atoms. The average molecular weight is 304 g/mol. The SMILES string of the molecule is COc1ccc(Cc2sc(NC(=O)C(C)C)nc2C)cc1. The van der Waals surface area contributed by atoms with Crippen LogP contribution in [0.15, 0.2) is 24.3 Å². The van der Waals surface area contributed by atoms with Gasteiger partial charge >= 0.3 is 0 Å². The number of rotatable bonds is 5. The first-order valence-electron chi connectivity index (χ1n) is 6.89. The number of hydrogen-bond acceptors (Lipinski definition) is 4. The van der Waals surface area contributed by atoms with Crippen LogP contribution in [-0.4, -0.2) is 18.0 Å². The molecule has 0 unspecified atom stereocenters. The first-order chi connectivity index (χ1) is 9.99. The van der Waals surface area contributed by atoms with Gasteiger partial charge in [-0.3, -0.25) is 4.79 Å². The number of aromatic nitrogens is 1. The van der Waals surface area contributed by atoms with Gasteiger partial charge in [0.05, 0.1) is 12.8 Å². The highest BCUT2D eigenvalue weighted by Crippen LogP contribution is 2.26. The van der Waals surface area contributed by atoms with Gasteiger partial charge in [-0.15, -0.1) is 11.3 Å². The van der Waals surface area contributed by atoms with E-state index in [1.54, 1.807) is 7.11 Å². The van der Waals surface area contributed by atoms with Crippen molar-refractivity contribution in [3.05, 3.63) is 40.4 Å². The average Bonchev–Trinajstić information content (AvgIpc) is 2.79. The third kappa shape index (κ3) is 4.04. The second-order valence-electron chi connectivity index (χ2n) is 5.20. The monoisotopic (exact) mass is 304 g/mol. The van der Waals surface area contributed by atoms with Gasteiger partial charge < -0.3 is 10.1 Å². The summed E-state index contributed by atoms with van der Waals surface area (Å²) in [6, 6.07) is 8.00. The number of hydrogen-bond donors (Lipinski definition) is 1. The van der Waals surface area contributed by atoms with E-state index in [0.29, 0.717) is 5.13 Å². The van der Waals surface area contributed by atoms with E-state index in [9.17, 15) is 4.79 Å². The number of anilines is 1. The smallest absolute Gasteiger partial charge is 0.228 e. The number of ether oxygens (including phenoxy) is 1. The van der Waals surface area contributed by atoms with Crippen LogP contribution in [0.3, 0.4) is 0 Å². The fourth-order valence-corrected chi connectivity index (χ4v) is 2.82. The zero-order chi connectivity index (χ0) is 15.4. The summed E-state index contributed by atoms with van der Waals surface area (Å²) < 4.78 is 5.16. The Morgan fingerprint density at radius 2 is 2.00 bits per heavy atom. The first kappa shape index (κ1) is 15.5. The van der Waals surface area contributed by atoms with Crippen LogP contribution in [0, 0.1) is 12.8 Å². The van der Waals surface area contributed by atoms with Crippen molar-refractivity contribution in [2.24, 2.45) is 5.92 Å². The summed E-state index contributed by atoms with van der Waals surface area (Å²) in [5.74, 6) is 0.809. The molecule has 5 heteroatoms. The topological polar surface area (TPSA) is 51.2 Å². The number of nitrogens with zero attached hydrogens (tertiary/aromatic N) is 1. The number of thiazole rings is 1. The van der Waals surface area contributed by atoms with Crippen molar-refractivity contribution in [1.29, 1.82) is 0 Å². The molecule has 2 rings (SSSR count). The number of aryl methyl sites for hydroxylation is 1. The fourth-order valence-electron chi connectivity index (χ4n) is 1.82. The van der Waals surface area contributed by atoms with Gasteiger partial charge in [0.1, 0.15) is 5.75 Å². The van der Waals surface area contributed by atoms with E-state index < -0.39 is 0 Å². The Labute approximate surface area is 129 Å². The molecule has 1 aromatic carbocycles. The number of nitrogens with one attached hydrogen (secondary N) is 1. The third-order valence-corrected chi connectivity index (χ3v) is 4.24. The summed E-state index contributed by atoms with van der Waals surface area (Å²) in [7, 11) is 1.66. The van der Waals surface area contributed by atoms with Gasteiger partial charge in [0.2, 0.25) is 5.91 Å². The summed E-state index contributed by atoms with van der Waals surface area (Å²) >= 11 is 1.54. The molecule has 0 fully saturated rings. The Hall–Kier alpha value is -1.88. The zero-order valence-electron chi connectivity index (χ0n) is 12.8. The van der Waals surface area contributed by atoms with Crippen LogP contribution in [-0.2, 0) is 11.2 Å². The van der Waals surface area contributed by atoms with Gasteiger partial charge in [0.25, 0.3) is 0 Å². The molecule has 0 aliphatic rings.